The zero-order chi connectivity index (χ0) is 11.5. The Hall–Kier alpha value is -0.290. The van der Waals surface area contributed by atoms with Gasteiger partial charge in [-0.05, 0) is 41.2 Å². The smallest absolute Gasteiger partial charge is 0.173 e. The maximum atomic E-state index is 5.91. The maximum absolute atomic E-state index is 5.91. The van der Waals surface area contributed by atoms with Crippen molar-refractivity contribution in [1.29, 1.82) is 0 Å². The molecule has 0 aliphatic rings. The van der Waals surface area contributed by atoms with E-state index in [2.05, 4.69) is 27.3 Å². The Kier molecular flexibility index (Phi) is 4.08. The van der Waals surface area contributed by atoms with E-state index in [1.807, 2.05) is 19.2 Å². The minimum Gasteiger partial charge on any atom is -0.457 e. The lowest BCUT2D eigenvalue weighted by Crippen LogP contribution is -2.18. The molecular weight excluding hydrogens is 310 g/mol. The standard InChI is InChI=1S/C11H11BrClNOS/c1-14-9(8-4-5-15-11(8)12)6-7-2-3-10(13)16-7/h2-5,9,14H,6H2,1H3. The van der Waals surface area contributed by atoms with Gasteiger partial charge in [0.1, 0.15) is 0 Å². The van der Waals surface area contributed by atoms with Crippen molar-refractivity contribution in [2.75, 3.05) is 7.05 Å². The lowest BCUT2D eigenvalue weighted by atomic mass is 10.1. The van der Waals surface area contributed by atoms with Crippen molar-refractivity contribution in [1.82, 2.24) is 5.32 Å². The van der Waals surface area contributed by atoms with Gasteiger partial charge in [0.2, 0.25) is 0 Å². The van der Waals surface area contributed by atoms with Crippen molar-refractivity contribution in [3.63, 3.8) is 0 Å². The van der Waals surface area contributed by atoms with Crippen molar-refractivity contribution in [2.45, 2.75) is 12.5 Å². The average molecular weight is 321 g/mol. The van der Waals surface area contributed by atoms with Crippen LogP contribution >= 0.6 is 38.9 Å². The molecule has 0 aliphatic carbocycles. The zero-order valence-corrected chi connectivity index (χ0v) is 11.8. The molecule has 0 bridgehead atoms. The number of nitrogens with one attached hydrogen (secondary N) is 1. The van der Waals surface area contributed by atoms with Crippen LogP contribution in [0.2, 0.25) is 4.34 Å². The molecule has 0 saturated carbocycles. The van der Waals surface area contributed by atoms with E-state index in [1.54, 1.807) is 17.6 Å². The zero-order valence-electron chi connectivity index (χ0n) is 8.67. The summed E-state index contributed by atoms with van der Waals surface area (Å²) in [6, 6.07) is 6.20. The maximum Gasteiger partial charge on any atom is 0.173 e. The fourth-order valence-electron chi connectivity index (χ4n) is 1.58. The van der Waals surface area contributed by atoms with E-state index in [0.717, 1.165) is 21.0 Å². The predicted molar refractivity (Wildman–Crippen MR) is 71.2 cm³/mol. The van der Waals surface area contributed by atoms with Gasteiger partial charge in [-0.15, -0.1) is 11.3 Å². The average Bonchev–Trinajstić information content (AvgIpc) is 2.84. The second-order valence-corrected chi connectivity index (χ2v) is 5.92. The molecule has 16 heavy (non-hydrogen) atoms. The van der Waals surface area contributed by atoms with E-state index in [1.165, 1.54) is 4.88 Å². The van der Waals surface area contributed by atoms with Crippen LogP contribution in [0.1, 0.15) is 16.5 Å². The van der Waals surface area contributed by atoms with E-state index < -0.39 is 0 Å². The van der Waals surface area contributed by atoms with Crippen LogP contribution < -0.4 is 5.32 Å². The SMILES string of the molecule is CNC(Cc1ccc(Cl)s1)c1ccoc1Br. The molecule has 2 heterocycles. The molecule has 0 fully saturated rings. The highest BCUT2D eigenvalue weighted by molar-refractivity contribution is 9.10. The van der Waals surface area contributed by atoms with Crippen molar-refractivity contribution in [3.8, 4) is 0 Å². The number of likely N-dealkylation sites (N-methyl/N-ethyl adjacent to an activating group) is 1. The lowest BCUT2D eigenvalue weighted by Gasteiger charge is -2.13. The monoisotopic (exact) mass is 319 g/mol. The number of hydrogen-bond acceptors (Lipinski definition) is 3. The van der Waals surface area contributed by atoms with E-state index in [-0.39, 0.29) is 6.04 Å². The van der Waals surface area contributed by atoms with Gasteiger partial charge in [0.05, 0.1) is 10.6 Å². The molecule has 1 atom stereocenters. The molecule has 0 radical (unpaired) electrons. The Labute approximate surface area is 112 Å². The largest absolute Gasteiger partial charge is 0.457 e. The first-order valence-electron chi connectivity index (χ1n) is 4.85. The first-order chi connectivity index (χ1) is 7.70. The minimum absolute atomic E-state index is 0.239. The van der Waals surface area contributed by atoms with Crippen LogP contribution in [0.3, 0.4) is 0 Å². The van der Waals surface area contributed by atoms with Crippen LogP contribution in [-0.4, -0.2) is 7.05 Å². The second-order valence-electron chi connectivity index (χ2n) is 3.40. The van der Waals surface area contributed by atoms with Gasteiger partial charge in [-0.3, -0.25) is 0 Å². The summed E-state index contributed by atoms with van der Waals surface area (Å²) < 4.78 is 6.86. The molecule has 1 unspecified atom stereocenters. The number of furan rings is 1. The number of rotatable bonds is 4. The Bertz CT molecular complexity index is 468. The van der Waals surface area contributed by atoms with Gasteiger partial charge >= 0.3 is 0 Å². The first-order valence-corrected chi connectivity index (χ1v) is 6.84. The van der Waals surface area contributed by atoms with Crippen LogP contribution in [0.5, 0.6) is 0 Å². The summed E-state index contributed by atoms with van der Waals surface area (Å²) in [5, 5.41) is 3.28. The Morgan fingerprint density at radius 1 is 1.50 bits per heavy atom. The number of halogens is 2. The van der Waals surface area contributed by atoms with Crippen LogP contribution in [0.15, 0.2) is 33.5 Å². The van der Waals surface area contributed by atoms with E-state index in [9.17, 15) is 0 Å². The molecule has 86 valence electrons. The van der Waals surface area contributed by atoms with Gasteiger partial charge in [-0.1, -0.05) is 11.6 Å². The Morgan fingerprint density at radius 3 is 2.81 bits per heavy atom. The van der Waals surface area contributed by atoms with Crippen LogP contribution in [-0.2, 0) is 6.42 Å². The van der Waals surface area contributed by atoms with E-state index in [4.69, 9.17) is 16.0 Å². The molecule has 5 heteroatoms. The van der Waals surface area contributed by atoms with Crippen LogP contribution in [0, 0.1) is 0 Å². The summed E-state index contributed by atoms with van der Waals surface area (Å²) in [7, 11) is 1.94. The van der Waals surface area contributed by atoms with Crippen molar-refractivity contribution in [2.24, 2.45) is 0 Å². The number of hydrogen-bond donors (Lipinski definition) is 1. The van der Waals surface area contributed by atoms with Crippen LogP contribution in [0.4, 0.5) is 0 Å². The summed E-state index contributed by atoms with van der Waals surface area (Å²) in [5.74, 6) is 0. The Morgan fingerprint density at radius 2 is 2.31 bits per heavy atom. The Balaban J connectivity index is 2.15. The van der Waals surface area contributed by atoms with Crippen molar-refractivity contribution >= 4 is 38.9 Å². The molecule has 2 nitrogen and oxygen atoms in total. The molecule has 2 aromatic rings. The molecule has 0 aliphatic heterocycles. The van der Waals surface area contributed by atoms with Gasteiger partial charge in [-0.25, -0.2) is 0 Å². The van der Waals surface area contributed by atoms with Crippen molar-refractivity contribution in [3.05, 3.63) is 43.9 Å². The van der Waals surface area contributed by atoms with Gasteiger partial charge in [0, 0.05) is 22.9 Å². The van der Waals surface area contributed by atoms with Gasteiger partial charge in [0.25, 0.3) is 0 Å². The highest BCUT2D eigenvalue weighted by Crippen LogP contribution is 2.30. The normalized spacial score (nSPS) is 12.9. The first kappa shape index (κ1) is 12.2. The third-order valence-electron chi connectivity index (χ3n) is 2.40. The molecule has 0 saturated heterocycles. The molecule has 2 aromatic heterocycles. The van der Waals surface area contributed by atoms with Crippen LogP contribution in [0.25, 0.3) is 0 Å². The van der Waals surface area contributed by atoms with Crippen molar-refractivity contribution < 1.29 is 4.42 Å². The van der Waals surface area contributed by atoms with Gasteiger partial charge in [0.15, 0.2) is 4.67 Å². The molecule has 0 aromatic carbocycles. The second kappa shape index (κ2) is 5.36. The van der Waals surface area contributed by atoms with Gasteiger partial charge < -0.3 is 9.73 Å². The summed E-state index contributed by atoms with van der Waals surface area (Å²) >= 11 is 10.9. The molecule has 2 rings (SSSR count). The third-order valence-corrected chi connectivity index (χ3v) is 4.30. The predicted octanol–water partition coefficient (Wildman–Crippen LogP) is 4.26. The molecule has 0 amide bonds. The quantitative estimate of drug-likeness (QED) is 0.910. The summed E-state index contributed by atoms with van der Waals surface area (Å²) in [5.41, 5.74) is 1.13. The molecular formula is C11H11BrClNOS. The van der Waals surface area contributed by atoms with E-state index >= 15 is 0 Å². The molecule has 1 N–H and O–H groups in total. The topological polar surface area (TPSA) is 25.2 Å². The van der Waals surface area contributed by atoms with E-state index in [0.29, 0.717) is 0 Å². The third kappa shape index (κ3) is 2.69. The lowest BCUT2D eigenvalue weighted by molar-refractivity contribution is 0.519. The van der Waals surface area contributed by atoms with Gasteiger partial charge in [-0.2, -0.15) is 0 Å². The highest BCUT2D eigenvalue weighted by atomic mass is 79.9. The minimum atomic E-state index is 0.239. The highest BCUT2D eigenvalue weighted by Gasteiger charge is 2.16. The fraction of sp³-hybridized carbons (Fsp3) is 0.273. The molecule has 0 spiro atoms. The fourth-order valence-corrected chi connectivity index (χ4v) is 3.23. The summed E-state index contributed by atoms with van der Waals surface area (Å²) in [6.07, 6.45) is 2.59. The summed E-state index contributed by atoms with van der Waals surface area (Å²) in [4.78, 5) is 1.26. The summed E-state index contributed by atoms with van der Waals surface area (Å²) in [6.45, 7) is 0. The number of thiophene rings is 1.